The van der Waals surface area contributed by atoms with Crippen molar-refractivity contribution in [3.05, 3.63) is 95.4 Å². The van der Waals surface area contributed by atoms with Gasteiger partial charge >= 0.3 is 0 Å². The Balaban J connectivity index is 1.84. The van der Waals surface area contributed by atoms with Crippen molar-refractivity contribution in [2.45, 2.75) is 33.3 Å². The van der Waals surface area contributed by atoms with Gasteiger partial charge in [0.1, 0.15) is 23.7 Å². The molecule has 29 heavy (non-hydrogen) atoms. The van der Waals surface area contributed by atoms with Gasteiger partial charge in [0.05, 0.1) is 0 Å². The highest BCUT2D eigenvalue weighted by molar-refractivity contribution is 5.99. The van der Waals surface area contributed by atoms with E-state index in [0.29, 0.717) is 18.1 Å². The summed E-state index contributed by atoms with van der Waals surface area (Å²) in [5, 5.41) is 1.02. The number of ether oxygens (including phenoxy) is 1. The van der Waals surface area contributed by atoms with Crippen LogP contribution in [0.25, 0.3) is 22.0 Å². The van der Waals surface area contributed by atoms with E-state index in [9.17, 15) is 4.39 Å². The zero-order valence-electron chi connectivity index (χ0n) is 16.9. The Morgan fingerprint density at radius 1 is 0.966 bits per heavy atom. The molecule has 0 amide bonds. The second-order valence-electron chi connectivity index (χ2n) is 7.63. The van der Waals surface area contributed by atoms with Crippen LogP contribution in [0.3, 0.4) is 0 Å². The largest absolute Gasteiger partial charge is 0.487 e. The Hall–Kier alpha value is -3.20. The fourth-order valence-electron chi connectivity index (χ4n) is 3.62. The molecule has 0 atom stereocenters. The third kappa shape index (κ3) is 3.86. The summed E-state index contributed by atoms with van der Waals surface area (Å²) in [7, 11) is 0. The standard InChI is InChI=1S/C26H24FNO/c1-17(2)22-15-28-26-21(25(22)20-12-13-23(27)18(3)14-20)10-7-11-24(26)29-16-19-8-5-4-6-9-19/h4-15,17H,16H2,1-3H3. The number of fused-ring (bicyclic) bond motifs is 1. The number of pyridine rings is 1. The van der Waals surface area contributed by atoms with Crippen LogP contribution in [0, 0.1) is 12.7 Å². The highest BCUT2D eigenvalue weighted by Gasteiger charge is 2.16. The van der Waals surface area contributed by atoms with Gasteiger partial charge in [0.25, 0.3) is 0 Å². The average Bonchev–Trinajstić information content (AvgIpc) is 2.74. The van der Waals surface area contributed by atoms with Crippen LogP contribution in [-0.4, -0.2) is 4.98 Å². The molecule has 0 N–H and O–H groups in total. The van der Waals surface area contributed by atoms with Crippen molar-refractivity contribution in [1.82, 2.24) is 4.98 Å². The molecule has 0 unspecified atom stereocenters. The lowest BCUT2D eigenvalue weighted by atomic mass is 9.90. The van der Waals surface area contributed by atoms with Crippen molar-refractivity contribution >= 4 is 10.9 Å². The maximum absolute atomic E-state index is 13.9. The molecule has 0 spiro atoms. The van der Waals surface area contributed by atoms with Crippen molar-refractivity contribution in [3.63, 3.8) is 0 Å². The summed E-state index contributed by atoms with van der Waals surface area (Å²) in [4.78, 5) is 4.74. The van der Waals surface area contributed by atoms with E-state index >= 15 is 0 Å². The van der Waals surface area contributed by atoms with Crippen LogP contribution >= 0.6 is 0 Å². The third-order valence-corrected chi connectivity index (χ3v) is 5.20. The molecule has 0 saturated heterocycles. The van der Waals surface area contributed by atoms with Gasteiger partial charge in [0, 0.05) is 11.6 Å². The van der Waals surface area contributed by atoms with Gasteiger partial charge in [-0.05, 0) is 58.9 Å². The van der Waals surface area contributed by atoms with Crippen LogP contribution in [0.15, 0.2) is 72.9 Å². The minimum absolute atomic E-state index is 0.190. The molecular formula is C26H24FNO. The number of para-hydroxylation sites is 1. The van der Waals surface area contributed by atoms with Crippen LogP contribution in [0.2, 0.25) is 0 Å². The molecule has 0 radical (unpaired) electrons. The Labute approximate surface area is 171 Å². The van der Waals surface area contributed by atoms with E-state index in [1.807, 2.05) is 60.8 Å². The lowest BCUT2D eigenvalue weighted by molar-refractivity contribution is 0.309. The number of aryl methyl sites for hydroxylation is 1. The average molecular weight is 385 g/mol. The number of aromatic nitrogens is 1. The normalized spacial score (nSPS) is 11.2. The number of benzene rings is 3. The minimum Gasteiger partial charge on any atom is -0.487 e. The first-order chi connectivity index (χ1) is 14.0. The molecule has 0 bridgehead atoms. The van der Waals surface area contributed by atoms with E-state index in [1.54, 1.807) is 6.92 Å². The molecule has 1 aromatic heterocycles. The van der Waals surface area contributed by atoms with Gasteiger partial charge < -0.3 is 4.74 Å². The van der Waals surface area contributed by atoms with Gasteiger partial charge in [-0.15, -0.1) is 0 Å². The molecule has 0 aliphatic heterocycles. The fraction of sp³-hybridized carbons (Fsp3) is 0.192. The van der Waals surface area contributed by atoms with E-state index in [2.05, 4.69) is 19.9 Å². The monoisotopic (exact) mass is 385 g/mol. The lowest BCUT2D eigenvalue weighted by Crippen LogP contribution is -2.00. The molecule has 3 aromatic carbocycles. The second-order valence-corrected chi connectivity index (χ2v) is 7.63. The van der Waals surface area contributed by atoms with Crippen LogP contribution in [0.5, 0.6) is 5.75 Å². The number of nitrogens with zero attached hydrogens (tertiary/aromatic N) is 1. The highest BCUT2D eigenvalue weighted by Crippen LogP contribution is 2.38. The predicted molar refractivity (Wildman–Crippen MR) is 117 cm³/mol. The summed E-state index contributed by atoms with van der Waals surface area (Å²) in [6.07, 6.45) is 1.93. The summed E-state index contributed by atoms with van der Waals surface area (Å²) in [6.45, 7) is 6.58. The van der Waals surface area contributed by atoms with Crippen LogP contribution in [0.4, 0.5) is 4.39 Å². The molecule has 1 heterocycles. The van der Waals surface area contributed by atoms with Crippen molar-refractivity contribution in [1.29, 1.82) is 0 Å². The van der Waals surface area contributed by atoms with Crippen molar-refractivity contribution in [3.8, 4) is 16.9 Å². The van der Waals surface area contributed by atoms with Gasteiger partial charge in [-0.2, -0.15) is 0 Å². The van der Waals surface area contributed by atoms with E-state index in [0.717, 1.165) is 38.9 Å². The molecule has 3 heteroatoms. The number of rotatable bonds is 5. The molecule has 0 aliphatic carbocycles. The third-order valence-electron chi connectivity index (χ3n) is 5.20. The predicted octanol–water partition coefficient (Wildman–Crippen LogP) is 7.05. The van der Waals surface area contributed by atoms with E-state index in [-0.39, 0.29) is 5.82 Å². The lowest BCUT2D eigenvalue weighted by Gasteiger charge is -2.18. The number of hydrogen-bond acceptors (Lipinski definition) is 2. The van der Waals surface area contributed by atoms with Crippen LogP contribution in [-0.2, 0) is 6.61 Å². The molecule has 146 valence electrons. The SMILES string of the molecule is Cc1cc(-c2c(C(C)C)cnc3c(OCc4ccccc4)cccc23)ccc1F. The smallest absolute Gasteiger partial charge is 0.146 e. The van der Waals surface area contributed by atoms with Crippen molar-refractivity contribution < 1.29 is 9.13 Å². The summed E-state index contributed by atoms with van der Waals surface area (Å²) in [5.74, 6) is 0.855. The molecule has 4 aromatic rings. The first-order valence-corrected chi connectivity index (χ1v) is 9.89. The highest BCUT2D eigenvalue weighted by atomic mass is 19.1. The Morgan fingerprint density at radius 2 is 1.76 bits per heavy atom. The number of hydrogen-bond donors (Lipinski definition) is 0. The minimum atomic E-state index is -0.190. The molecular weight excluding hydrogens is 361 g/mol. The molecule has 4 rings (SSSR count). The maximum Gasteiger partial charge on any atom is 0.146 e. The van der Waals surface area contributed by atoms with Gasteiger partial charge in [-0.1, -0.05) is 62.4 Å². The summed E-state index contributed by atoms with van der Waals surface area (Å²) >= 11 is 0. The first kappa shape index (κ1) is 19.1. The van der Waals surface area contributed by atoms with Crippen LogP contribution in [0.1, 0.15) is 36.5 Å². The molecule has 0 saturated carbocycles. The second kappa shape index (κ2) is 8.04. The topological polar surface area (TPSA) is 22.1 Å². The van der Waals surface area contributed by atoms with Crippen molar-refractivity contribution in [2.24, 2.45) is 0 Å². The van der Waals surface area contributed by atoms with E-state index < -0.39 is 0 Å². The van der Waals surface area contributed by atoms with Crippen LogP contribution < -0.4 is 4.74 Å². The van der Waals surface area contributed by atoms with E-state index in [1.165, 1.54) is 6.07 Å². The molecule has 0 aliphatic rings. The zero-order chi connectivity index (χ0) is 20.4. The van der Waals surface area contributed by atoms with Gasteiger partial charge in [0.2, 0.25) is 0 Å². The maximum atomic E-state index is 13.9. The van der Waals surface area contributed by atoms with Gasteiger partial charge in [0.15, 0.2) is 0 Å². The van der Waals surface area contributed by atoms with Crippen molar-refractivity contribution in [2.75, 3.05) is 0 Å². The first-order valence-electron chi connectivity index (χ1n) is 9.89. The zero-order valence-corrected chi connectivity index (χ0v) is 16.9. The molecule has 2 nitrogen and oxygen atoms in total. The molecule has 0 fully saturated rings. The van der Waals surface area contributed by atoms with Gasteiger partial charge in [-0.25, -0.2) is 4.39 Å². The summed E-state index contributed by atoms with van der Waals surface area (Å²) < 4.78 is 20.0. The van der Waals surface area contributed by atoms with Gasteiger partial charge in [-0.3, -0.25) is 4.98 Å². The Bertz CT molecular complexity index is 1150. The Kier molecular flexibility index (Phi) is 5.30. The quantitative estimate of drug-likeness (QED) is 0.367. The number of halogens is 1. The summed E-state index contributed by atoms with van der Waals surface area (Å²) in [5.41, 5.74) is 5.81. The van der Waals surface area contributed by atoms with E-state index in [4.69, 9.17) is 9.72 Å². The fourth-order valence-corrected chi connectivity index (χ4v) is 3.62. The summed E-state index contributed by atoms with van der Waals surface area (Å²) in [6, 6.07) is 21.4. The Morgan fingerprint density at radius 3 is 2.48 bits per heavy atom.